The zero-order valence-corrected chi connectivity index (χ0v) is 17.3. The van der Waals surface area contributed by atoms with Gasteiger partial charge < -0.3 is 20.1 Å². The summed E-state index contributed by atoms with van der Waals surface area (Å²) in [5, 5.41) is 5.58. The van der Waals surface area contributed by atoms with Crippen LogP contribution in [0.2, 0.25) is 0 Å². The summed E-state index contributed by atoms with van der Waals surface area (Å²) in [4.78, 5) is 22.6. The predicted octanol–water partition coefficient (Wildman–Crippen LogP) is 3.41. The lowest BCUT2D eigenvalue weighted by Gasteiger charge is -2.29. The van der Waals surface area contributed by atoms with Gasteiger partial charge in [-0.1, -0.05) is 12.2 Å². The summed E-state index contributed by atoms with van der Waals surface area (Å²) >= 11 is 0. The fourth-order valence-electron chi connectivity index (χ4n) is 3.81. The Bertz CT molecular complexity index is 514. The van der Waals surface area contributed by atoms with E-state index >= 15 is 0 Å². The zero-order valence-electron chi connectivity index (χ0n) is 17.3. The molecule has 154 valence electrons. The molecule has 2 atom stereocenters. The van der Waals surface area contributed by atoms with Crippen molar-refractivity contribution in [1.82, 2.24) is 10.6 Å². The highest BCUT2D eigenvalue weighted by Gasteiger charge is 2.49. The average molecular weight is 381 g/mol. The van der Waals surface area contributed by atoms with Crippen molar-refractivity contribution in [2.75, 3.05) is 19.8 Å². The quantitative estimate of drug-likeness (QED) is 0.450. The molecule has 27 heavy (non-hydrogen) atoms. The number of amides is 2. The molecule has 6 nitrogen and oxygen atoms in total. The van der Waals surface area contributed by atoms with Crippen LogP contribution in [-0.4, -0.2) is 43.4 Å². The molecule has 2 N–H and O–H groups in total. The first-order chi connectivity index (χ1) is 12.7. The molecule has 0 saturated heterocycles. The first-order valence-electron chi connectivity index (χ1n) is 10.1. The topological polar surface area (TPSA) is 76.7 Å². The van der Waals surface area contributed by atoms with Gasteiger partial charge in [-0.25, -0.2) is 4.79 Å². The third kappa shape index (κ3) is 7.53. The van der Waals surface area contributed by atoms with E-state index in [1.54, 1.807) is 0 Å². The molecular formula is C21H36N2O4. The van der Waals surface area contributed by atoms with Gasteiger partial charge in [0, 0.05) is 18.7 Å². The average Bonchev–Trinajstić information content (AvgIpc) is 3.20. The van der Waals surface area contributed by atoms with Crippen LogP contribution >= 0.6 is 0 Å². The number of rotatable bonds is 10. The Balaban J connectivity index is 1.61. The second-order valence-electron chi connectivity index (χ2n) is 9.07. The summed E-state index contributed by atoms with van der Waals surface area (Å²) in [7, 11) is 0. The third-order valence-electron chi connectivity index (χ3n) is 5.74. The van der Waals surface area contributed by atoms with Gasteiger partial charge in [0.05, 0.1) is 12.2 Å². The Hall–Kier alpha value is -1.56. The van der Waals surface area contributed by atoms with Crippen LogP contribution in [0.5, 0.6) is 0 Å². The Labute approximate surface area is 163 Å². The van der Waals surface area contributed by atoms with Gasteiger partial charge in [-0.05, 0) is 77.6 Å². The number of carbonyl (C=O) groups is 2. The highest BCUT2D eigenvalue weighted by Crippen LogP contribution is 2.52. The Morgan fingerprint density at radius 1 is 1.15 bits per heavy atom. The maximum atomic E-state index is 12.0. The molecule has 0 spiro atoms. The Kier molecular flexibility index (Phi) is 7.71. The van der Waals surface area contributed by atoms with E-state index in [1.807, 2.05) is 27.7 Å². The van der Waals surface area contributed by atoms with Crippen LogP contribution in [0.25, 0.3) is 0 Å². The number of allylic oxidation sites excluding steroid dienone is 2. The summed E-state index contributed by atoms with van der Waals surface area (Å²) in [6.07, 6.45) is 10.3. The van der Waals surface area contributed by atoms with Crippen LogP contribution in [-0.2, 0) is 14.3 Å². The lowest BCUT2D eigenvalue weighted by atomic mass is 10.0. The van der Waals surface area contributed by atoms with Gasteiger partial charge in [-0.15, -0.1) is 0 Å². The van der Waals surface area contributed by atoms with Crippen molar-refractivity contribution < 1.29 is 19.1 Å². The number of nitrogens with one attached hydrogen (secondary N) is 2. The SMILES string of the molecule is CC(C)(CCOC(C)(C)CNC(=O)OCC1C2CC/C=C\CCC21)NC=O. The van der Waals surface area contributed by atoms with Gasteiger partial charge in [0.25, 0.3) is 0 Å². The van der Waals surface area contributed by atoms with Crippen LogP contribution in [0.1, 0.15) is 59.8 Å². The van der Waals surface area contributed by atoms with Gasteiger partial charge in [-0.3, -0.25) is 4.79 Å². The number of fused-ring (bicyclic) bond motifs is 1. The van der Waals surface area contributed by atoms with Crippen molar-refractivity contribution in [3.8, 4) is 0 Å². The molecule has 2 amide bonds. The summed E-state index contributed by atoms with van der Waals surface area (Å²) in [6.45, 7) is 9.16. The van der Waals surface area contributed by atoms with E-state index in [0.29, 0.717) is 38.5 Å². The minimum Gasteiger partial charge on any atom is -0.449 e. The number of hydrogen-bond donors (Lipinski definition) is 2. The lowest BCUT2D eigenvalue weighted by Crippen LogP contribution is -2.43. The van der Waals surface area contributed by atoms with E-state index in [1.165, 1.54) is 12.8 Å². The lowest BCUT2D eigenvalue weighted by molar-refractivity contribution is -0.111. The normalized spacial score (nSPS) is 26.1. The molecule has 0 aromatic rings. The highest BCUT2D eigenvalue weighted by atomic mass is 16.5. The molecule has 0 heterocycles. The maximum Gasteiger partial charge on any atom is 0.407 e. The molecule has 6 heteroatoms. The van der Waals surface area contributed by atoms with E-state index in [2.05, 4.69) is 22.8 Å². The van der Waals surface area contributed by atoms with Gasteiger partial charge in [0.2, 0.25) is 6.41 Å². The molecule has 1 saturated carbocycles. The van der Waals surface area contributed by atoms with Gasteiger partial charge in [-0.2, -0.15) is 0 Å². The largest absolute Gasteiger partial charge is 0.449 e. The van der Waals surface area contributed by atoms with Crippen LogP contribution < -0.4 is 10.6 Å². The fourth-order valence-corrected chi connectivity index (χ4v) is 3.81. The van der Waals surface area contributed by atoms with Gasteiger partial charge in [0.15, 0.2) is 0 Å². The van der Waals surface area contributed by atoms with Crippen LogP contribution in [0.15, 0.2) is 12.2 Å². The monoisotopic (exact) mass is 380 g/mol. The highest BCUT2D eigenvalue weighted by molar-refractivity contribution is 5.67. The van der Waals surface area contributed by atoms with E-state index in [0.717, 1.165) is 24.7 Å². The molecule has 0 bridgehead atoms. The van der Waals surface area contributed by atoms with Crippen molar-refractivity contribution in [2.45, 2.75) is 70.9 Å². The van der Waals surface area contributed by atoms with E-state index in [-0.39, 0.29) is 11.6 Å². The van der Waals surface area contributed by atoms with Crippen LogP contribution in [0, 0.1) is 17.8 Å². The van der Waals surface area contributed by atoms with E-state index < -0.39 is 5.60 Å². The van der Waals surface area contributed by atoms with Crippen LogP contribution in [0.3, 0.4) is 0 Å². The molecule has 2 aliphatic rings. The van der Waals surface area contributed by atoms with Gasteiger partial charge >= 0.3 is 6.09 Å². The van der Waals surface area contributed by atoms with Crippen LogP contribution in [0.4, 0.5) is 4.79 Å². The molecule has 0 aromatic carbocycles. The van der Waals surface area contributed by atoms with Crippen molar-refractivity contribution in [2.24, 2.45) is 17.8 Å². The maximum absolute atomic E-state index is 12.0. The third-order valence-corrected chi connectivity index (χ3v) is 5.74. The summed E-state index contributed by atoms with van der Waals surface area (Å²) in [5.74, 6) is 1.99. The summed E-state index contributed by atoms with van der Waals surface area (Å²) in [6, 6.07) is 0. The summed E-state index contributed by atoms with van der Waals surface area (Å²) < 4.78 is 11.3. The number of hydrogen-bond acceptors (Lipinski definition) is 4. The number of alkyl carbamates (subject to hydrolysis) is 1. The molecule has 2 unspecified atom stereocenters. The number of carbonyl (C=O) groups excluding carboxylic acids is 2. The molecule has 0 radical (unpaired) electrons. The molecule has 2 aliphatic carbocycles. The Morgan fingerprint density at radius 2 is 1.78 bits per heavy atom. The molecule has 0 aliphatic heterocycles. The fraction of sp³-hybridized carbons (Fsp3) is 0.810. The summed E-state index contributed by atoms with van der Waals surface area (Å²) in [5.41, 5.74) is -0.802. The Morgan fingerprint density at radius 3 is 2.37 bits per heavy atom. The van der Waals surface area contributed by atoms with E-state index in [4.69, 9.17) is 9.47 Å². The molecular weight excluding hydrogens is 344 g/mol. The minimum absolute atomic E-state index is 0.307. The second-order valence-corrected chi connectivity index (χ2v) is 9.07. The molecule has 0 aromatic heterocycles. The standard InChI is InChI=1S/C21H36N2O4/c1-20(2,23-15-24)11-12-27-21(3,4)14-22-19(25)26-13-18-16-9-7-5-6-8-10-17(16)18/h5-6,15-18H,7-14H2,1-4H3,(H,22,25)(H,23,24)/b6-5-. The second kappa shape index (κ2) is 9.58. The van der Waals surface area contributed by atoms with Gasteiger partial charge in [0.1, 0.15) is 0 Å². The van der Waals surface area contributed by atoms with E-state index in [9.17, 15) is 9.59 Å². The smallest absolute Gasteiger partial charge is 0.407 e. The van der Waals surface area contributed by atoms with Crippen molar-refractivity contribution in [3.63, 3.8) is 0 Å². The molecule has 1 fully saturated rings. The van der Waals surface area contributed by atoms with Crippen molar-refractivity contribution in [3.05, 3.63) is 12.2 Å². The number of ether oxygens (including phenoxy) is 2. The first kappa shape index (κ1) is 21.7. The predicted molar refractivity (Wildman–Crippen MR) is 105 cm³/mol. The van der Waals surface area contributed by atoms with Crippen molar-refractivity contribution in [1.29, 1.82) is 0 Å². The molecule has 2 rings (SSSR count). The zero-order chi connectivity index (χ0) is 19.9. The minimum atomic E-state index is -0.495. The van der Waals surface area contributed by atoms with Crippen molar-refractivity contribution >= 4 is 12.5 Å². The first-order valence-corrected chi connectivity index (χ1v) is 10.1.